The van der Waals surface area contributed by atoms with Crippen LogP contribution in [0.5, 0.6) is 0 Å². The molecule has 2 rings (SSSR count). The lowest BCUT2D eigenvalue weighted by molar-refractivity contribution is -0.123. The fourth-order valence-corrected chi connectivity index (χ4v) is 2.16. The molecule has 130 valence electrons. The van der Waals surface area contributed by atoms with Gasteiger partial charge < -0.3 is 10.1 Å². The van der Waals surface area contributed by atoms with Gasteiger partial charge in [0.15, 0.2) is 11.9 Å². The van der Waals surface area contributed by atoms with Crippen molar-refractivity contribution in [3.8, 4) is 0 Å². The Morgan fingerprint density at radius 2 is 1.88 bits per heavy atom. The molecule has 0 saturated carbocycles. The molecule has 0 unspecified atom stereocenters. The summed E-state index contributed by atoms with van der Waals surface area (Å²) in [5.74, 6) is -2.56. The number of benzene rings is 2. The first-order valence-electron chi connectivity index (χ1n) is 7.36. The zero-order chi connectivity index (χ0) is 18.6. The van der Waals surface area contributed by atoms with Gasteiger partial charge in [-0.3, -0.25) is 9.59 Å². The summed E-state index contributed by atoms with van der Waals surface area (Å²) in [5, 5.41) is 2.70. The third-order valence-electron chi connectivity index (χ3n) is 3.34. The minimum absolute atomic E-state index is 0.146. The number of halogens is 2. The zero-order valence-corrected chi connectivity index (χ0v) is 14.3. The number of hydrogen-bond donors (Lipinski definition) is 1. The number of ketones is 1. The van der Waals surface area contributed by atoms with Crippen molar-refractivity contribution in [2.45, 2.75) is 20.0 Å². The highest BCUT2D eigenvalue weighted by atomic mass is 35.5. The predicted octanol–water partition coefficient (Wildman–Crippen LogP) is 3.87. The van der Waals surface area contributed by atoms with Crippen molar-refractivity contribution in [3.05, 3.63) is 64.4 Å². The van der Waals surface area contributed by atoms with Gasteiger partial charge in [-0.1, -0.05) is 23.7 Å². The Balaban J connectivity index is 2.05. The molecular weight excluding hydrogens is 349 g/mol. The highest BCUT2D eigenvalue weighted by Crippen LogP contribution is 2.17. The van der Waals surface area contributed by atoms with E-state index < -0.39 is 23.8 Å². The van der Waals surface area contributed by atoms with Gasteiger partial charge in [-0.25, -0.2) is 9.18 Å². The fourth-order valence-electron chi connectivity index (χ4n) is 1.99. The van der Waals surface area contributed by atoms with E-state index in [1.54, 1.807) is 18.2 Å². The molecule has 0 aliphatic carbocycles. The molecule has 2 aromatic rings. The van der Waals surface area contributed by atoms with E-state index in [-0.39, 0.29) is 16.4 Å². The second-order valence-corrected chi connectivity index (χ2v) is 5.73. The van der Waals surface area contributed by atoms with E-state index in [1.165, 1.54) is 26.0 Å². The maximum absolute atomic E-state index is 13.6. The van der Waals surface area contributed by atoms with Crippen LogP contribution in [0.4, 0.5) is 10.1 Å². The Kier molecular flexibility index (Phi) is 5.88. The highest BCUT2D eigenvalue weighted by molar-refractivity contribution is 6.30. The molecular formula is C18H15ClFNO4. The quantitative estimate of drug-likeness (QED) is 0.646. The summed E-state index contributed by atoms with van der Waals surface area (Å²) in [6, 6.07) is 9.79. The average Bonchev–Trinajstić information content (AvgIpc) is 2.57. The van der Waals surface area contributed by atoms with Gasteiger partial charge in [-0.15, -0.1) is 0 Å². The van der Waals surface area contributed by atoms with E-state index >= 15 is 0 Å². The van der Waals surface area contributed by atoms with Crippen LogP contribution in [-0.4, -0.2) is 23.8 Å². The number of carbonyl (C=O) groups is 3. The number of hydrogen-bond acceptors (Lipinski definition) is 4. The Morgan fingerprint density at radius 3 is 2.56 bits per heavy atom. The van der Waals surface area contributed by atoms with Gasteiger partial charge in [-0.2, -0.15) is 0 Å². The first-order valence-corrected chi connectivity index (χ1v) is 7.73. The Labute approximate surface area is 148 Å². The molecule has 5 nitrogen and oxygen atoms in total. The lowest BCUT2D eigenvalue weighted by Gasteiger charge is -2.14. The van der Waals surface area contributed by atoms with Crippen molar-refractivity contribution in [3.63, 3.8) is 0 Å². The molecule has 0 aliphatic heterocycles. The van der Waals surface area contributed by atoms with Crippen molar-refractivity contribution >= 4 is 34.9 Å². The summed E-state index contributed by atoms with van der Waals surface area (Å²) < 4.78 is 18.6. The third kappa shape index (κ3) is 4.87. The molecule has 1 amide bonds. The lowest BCUT2D eigenvalue weighted by atomic mass is 10.1. The lowest BCUT2D eigenvalue weighted by Crippen LogP contribution is -2.30. The smallest absolute Gasteiger partial charge is 0.341 e. The van der Waals surface area contributed by atoms with Gasteiger partial charge in [0, 0.05) is 16.3 Å². The molecule has 0 spiro atoms. The van der Waals surface area contributed by atoms with Crippen molar-refractivity contribution in [1.29, 1.82) is 0 Å². The first-order chi connectivity index (χ1) is 11.8. The number of ether oxygens (including phenoxy) is 1. The zero-order valence-electron chi connectivity index (χ0n) is 13.5. The van der Waals surface area contributed by atoms with Gasteiger partial charge in [-0.05, 0) is 44.2 Å². The topological polar surface area (TPSA) is 72.5 Å². The molecule has 0 aromatic heterocycles. The minimum Gasteiger partial charge on any atom is -0.449 e. The Hall–Kier alpha value is -2.73. The summed E-state index contributed by atoms with van der Waals surface area (Å²) in [6.07, 6.45) is -1.17. The maximum atomic E-state index is 13.6. The largest absolute Gasteiger partial charge is 0.449 e. The maximum Gasteiger partial charge on any atom is 0.341 e. The van der Waals surface area contributed by atoms with Crippen LogP contribution in [0.15, 0.2) is 42.5 Å². The minimum atomic E-state index is -1.17. The van der Waals surface area contributed by atoms with E-state index in [0.29, 0.717) is 11.3 Å². The monoisotopic (exact) mass is 363 g/mol. The highest BCUT2D eigenvalue weighted by Gasteiger charge is 2.21. The summed E-state index contributed by atoms with van der Waals surface area (Å²) >= 11 is 5.73. The van der Waals surface area contributed by atoms with Crippen LogP contribution < -0.4 is 5.32 Å². The molecule has 0 bridgehead atoms. The van der Waals surface area contributed by atoms with Crippen LogP contribution >= 0.6 is 11.6 Å². The molecule has 1 atom stereocenters. The Morgan fingerprint density at radius 1 is 1.16 bits per heavy atom. The standard InChI is InChI=1S/C18H15ClFNO4/c1-10(22)12-4-3-5-14(8-12)21-17(23)11(2)25-18(24)15-9-13(19)6-7-16(15)20/h3-9,11H,1-2H3,(H,21,23)/t11-/m0/s1. The molecule has 1 N–H and O–H groups in total. The first kappa shape index (κ1) is 18.6. The summed E-state index contributed by atoms with van der Waals surface area (Å²) in [5.41, 5.74) is 0.462. The van der Waals surface area contributed by atoms with E-state index in [4.69, 9.17) is 16.3 Å². The van der Waals surface area contributed by atoms with Gasteiger partial charge in [0.2, 0.25) is 0 Å². The molecule has 0 radical (unpaired) electrons. The summed E-state index contributed by atoms with van der Waals surface area (Å²) in [7, 11) is 0. The summed E-state index contributed by atoms with van der Waals surface area (Å²) in [4.78, 5) is 35.5. The van der Waals surface area contributed by atoms with Gasteiger partial charge in [0.25, 0.3) is 5.91 Å². The van der Waals surface area contributed by atoms with E-state index in [9.17, 15) is 18.8 Å². The number of Topliss-reactive ketones (excluding diaryl/α,β-unsaturated/α-hetero) is 1. The Bertz CT molecular complexity index is 838. The van der Waals surface area contributed by atoms with Gasteiger partial charge >= 0.3 is 5.97 Å². The van der Waals surface area contributed by atoms with Crippen LogP contribution in [0.3, 0.4) is 0 Å². The average molecular weight is 364 g/mol. The van der Waals surface area contributed by atoms with Crippen LogP contribution in [0.1, 0.15) is 34.6 Å². The van der Waals surface area contributed by atoms with Crippen molar-refractivity contribution in [2.24, 2.45) is 0 Å². The number of esters is 1. The van der Waals surface area contributed by atoms with E-state index in [0.717, 1.165) is 12.1 Å². The molecule has 25 heavy (non-hydrogen) atoms. The van der Waals surface area contributed by atoms with Gasteiger partial charge in [0.1, 0.15) is 5.82 Å². The fraction of sp³-hybridized carbons (Fsp3) is 0.167. The van der Waals surface area contributed by atoms with Crippen LogP contribution in [-0.2, 0) is 9.53 Å². The number of nitrogens with one attached hydrogen (secondary N) is 1. The molecule has 0 aliphatic rings. The number of rotatable bonds is 5. The van der Waals surface area contributed by atoms with Crippen LogP contribution in [0, 0.1) is 5.82 Å². The molecule has 7 heteroatoms. The molecule has 0 heterocycles. The molecule has 0 saturated heterocycles. The molecule has 0 fully saturated rings. The predicted molar refractivity (Wildman–Crippen MR) is 91.4 cm³/mol. The summed E-state index contributed by atoms with van der Waals surface area (Å²) in [6.45, 7) is 2.76. The van der Waals surface area contributed by atoms with Crippen molar-refractivity contribution in [1.82, 2.24) is 0 Å². The van der Waals surface area contributed by atoms with E-state index in [1.807, 2.05) is 0 Å². The second kappa shape index (κ2) is 7.90. The van der Waals surface area contributed by atoms with Crippen molar-refractivity contribution in [2.75, 3.05) is 5.32 Å². The second-order valence-electron chi connectivity index (χ2n) is 5.30. The number of anilines is 1. The SMILES string of the molecule is CC(=O)c1cccc(NC(=O)[C@H](C)OC(=O)c2cc(Cl)ccc2F)c1. The van der Waals surface area contributed by atoms with Crippen LogP contribution in [0.25, 0.3) is 0 Å². The number of carbonyl (C=O) groups excluding carboxylic acids is 3. The molecule has 2 aromatic carbocycles. The normalized spacial score (nSPS) is 11.5. The number of amides is 1. The third-order valence-corrected chi connectivity index (χ3v) is 3.57. The van der Waals surface area contributed by atoms with E-state index in [2.05, 4.69) is 5.32 Å². The van der Waals surface area contributed by atoms with Crippen LogP contribution in [0.2, 0.25) is 5.02 Å². The van der Waals surface area contributed by atoms with Gasteiger partial charge in [0.05, 0.1) is 5.56 Å². The van der Waals surface area contributed by atoms with Crippen molar-refractivity contribution < 1.29 is 23.5 Å².